The molecule has 3 rings (SSSR count). The summed E-state index contributed by atoms with van der Waals surface area (Å²) in [4.78, 5) is 31.0. The topological polar surface area (TPSA) is 109 Å². The molecular weight excluding hydrogens is 514 g/mol. The number of halogens is 1. The smallest absolute Gasteiger partial charge is 0.309 e. The van der Waals surface area contributed by atoms with E-state index in [0.29, 0.717) is 23.6 Å². The fourth-order valence-electron chi connectivity index (χ4n) is 5.27. The Kier molecular flexibility index (Phi) is 10.0. The number of aryl methyl sites for hydroxylation is 1. The number of rotatable bonds is 4. The Labute approximate surface area is 229 Å². The minimum absolute atomic E-state index is 0.0844. The lowest BCUT2D eigenvalue weighted by molar-refractivity contribution is -0.154. The van der Waals surface area contributed by atoms with E-state index in [1.165, 1.54) is 11.3 Å². The Balaban J connectivity index is 1.88. The van der Waals surface area contributed by atoms with Gasteiger partial charge in [0.2, 0.25) is 0 Å². The molecular formula is C28H42ClNO6S. The maximum atomic E-state index is 13.6. The number of carbonyl (C=O) groups is 2. The highest BCUT2D eigenvalue weighted by Crippen LogP contribution is 2.45. The number of cyclic esters (lactones) is 1. The molecule has 0 aromatic carbocycles. The molecule has 0 unspecified atom stereocenters. The molecule has 2 N–H and O–H groups in total. The van der Waals surface area contributed by atoms with Crippen molar-refractivity contribution >= 4 is 40.8 Å². The third-order valence-corrected chi connectivity index (χ3v) is 9.20. The van der Waals surface area contributed by atoms with Gasteiger partial charge in [0.15, 0.2) is 0 Å². The van der Waals surface area contributed by atoms with Gasteiger partial charge in [0.25, 0.3) is 0 Å². The van der Waals surface area contributed by atoms with Crippen molar-refractivity contribution in [1.29, 1.82) is 0 Å². The molecule has 0 saturated carbocycles. The van der Waals surface area contributed by atoms with Crippen molar-refractivity contribution in [2.45, 2.75) is 117 Å². The van der Waals surface area contributed by atoms with Gasteiger partial charge >= 0.3 is 5.97 Å². The van der Waals surface area contributed by atoms with Crippen LogP contribution in [0.2, 0.25) is 0 Å². The van der Waals surface area contributed by atoms with E-state index in [9.17, 15) is 19.8 Å². The van der Waals surface area contributed by atoms with Crippen LogP contribution in [-0.2, 0) is 19.1 Å². The Morgan fingerprint density at radius 1 is 1.30 bits per heavy atom. The molecule has 37 heavy (non-hydrogen) atoms. The van der Waals surface area contributed by atoms with E-state index in [4.69, 9.17) is 21.1 Å². The summed E-state index contributed by atoms with van der Waals surface area (Å²) in [7, 11) is 0. The number of hydrogen-bond donors (Lipinski definition) is 2. The number of carbonyl (C=O) groups excluding carboxylic acids is 2. The first-order valence-corrected chi connectivity index (χ1v) is 14.6. The summed E-state index contributed by atoms with van der Waals surface area (Å²) in [6, 6.07) is 0. The number of aromatic nitrogens is 1. The van der Waals surface area contributed by atoms with Gasteiger partial charge in [0.05, 0.1) is 51.5 Å². The van der Waals surface area contributed by atoms with Crippen LogP contribution < -0.4 is 0 Å². The SMILES string of the molecule is CCC[C@H]1C(=O)C(C)(C)[C@@H](O)CC(=O)O[C@H](/C(Cl)=C/c2csc(C)n2)C[C@H]2O[C@]2(C)CCC[C@@H](C)[C@@H]1O. The molecule has 0 amide bonds. The lowest BCUT2D eigenvalue weighted by atomic mass is 9.71. The van der Waals surface area contributed by atoms with Gasteiger partial charge in [-0.25, -0.2) is 4.98 Å². The quantitative estimate of drug-likeness (QED) is 0.376. The molecule has 0 spiro atoms. The Bertz CT molecular complexity index is 993. The molecule has 9 heteroatoms. The van der Waals surface area contributed by atoms with E-state index in [2.05, 4.69) is 4.98 Å². The minimum Gasteiger partial charge on any atom is -0.456 e. The van der Waals surface area contributed by atoms with Crippen molar-refractivity contribution < 1.29 is 29.3 Å². The van der Waals surface area contributed by atoms with Crippen LogP contribution >= 0.6 is 22.9 Å². The second-order valence-electron chi connectivity index (χ2n) is 11.5. The number of Topliss-reactive ketones (excluding diaryl/α,β-unsaturated/α-hetero) is 1. The number of thiazole rings is 1. The first-order chi connectivity index (χ1) is 17.3. The second kappa shape index (κ2) is 12.2. The van der Waals surface area contributed by atoms with Crippen LogP contribution in [0.1, 0.15) is 90.3 Å². The first kappa shape index (κ1) is 30.2. The maximum absolute atomic E-state index is 13.6. The van der Waals surface area contributed by atoms with Gasteiger partial charge < -0.3 is 19.7 Å². The average molecular weight is 556 g/mol. The molecule has 7 nitrogen and oxygen atoms in total. The molecule has 2 aliphatic rings. The summed E-state index contributed by atoms with van der Waals surface area (Å²) in [5.41, 5.74) is -0.903. The van der Waals surface area contributed by atoms with E-state index < -0.39 is 35.6 Å². The summed E-state index contributed by atoms with van der Waals surface area (Å²) in [6.45, 7) is 11.2. The number of epoxide rings is 1. The van der Waals surface area contributed by atoms with Crippen LogP contribution in [0.3, 0.4) is 0 Å². The number of fused-ring (bicyclic) bond motifs is 1. The van der Waals surface area contributed by atoms with Crippen LogP contribution in [0.15, 0.2) is 10.4 Å². The zero-order valence-corrected chi connectivity index (χ0v) is 24.4. The van der Waals surface area contributed by atoms with Gasteiger partial charge in [0.1, 0.15) is 11.9 Å². The van der Waals surface area contributed by atoms with Crippen molar-refractivity contribution in [3.8, 4) is 0 Å². The largest absolute Gasteiger partial charge is 0.456 e. The summed E-state index contributed by atoms with van der Waals surface area (Å²) in [5, 5.41) is 25.3. The van der Waals surface area contributed by atoms with Crippen molar-refractivity contribution in [1.82, 2.24) is 4.98 Å². The van der Waals surface area contributed by atoms with Gasteiger partial charge in [0, 0.05) is 17.7 Å². The third-order valence-electron chi connectivity index (χ3n) is 8.06. The molecule has 0 aliphatic carbocycles. The van der Waals surface area contributed by atoms with Gasteiger partial charge in [-0.1, -0.05) is 52.1 Å². The number of aliphatic hydroxyl groups excluding tert-OH is 2. The Morgan fingerprint density at radius 2 is 2.00 bits per heavy atom. The van der Waals surface area contributed by atoms with Crippen molar-refractivity contribution in [3.05, 3.63) is 21.1 Å². The summed E-state index contributed by atoms with van der Waals surface area (Å²) >= 11 is 8.15. The maximum Gasteiger partial charge on any atom is 0.309 e. The predicted octanol–water partition coefficient (Wildman–Crippen LogP) is 5.43. The molecule has 3 heterocycles. The standard InChI is InChI=1S/C28H42ClNO6S/c1-7-9-19-25(33)16(2)10-8-11-28(6)23(36-28)13-21(20(29)12-18-15-37-17(3)30-18)35-24(32)14-22(31)27(4,5)26(19)34/h12,15-16,19,21-23,25,31,33H,7-11,13-14H2,1-6H3/b20-12-/t16-,19-,21+,22+,23-,25+,28-/m1/s1. The Morgan fingerprint density at radius 3 is 2.62 bits per heavy atom. The van der Waals surface area contributed by atoms with Crippen LogP contribution in [0, 0.1) is 24.2 Å². The van der Waals surface area contributed by atoms with Gasteiger partial charge in [-0.15, -0.1) is 11.3 Å². The van der Waals surface area contributed by atoms with Crippen LogP contribution in [-0.4, -0.2) is 57.0 Å². The first-order valence-electron chi connectivity index (χ1n) is 13.4. The van der Waals surface area contributed by atoms with E-state index in [1.807, 2.05) is 33.1 Å². The van der Waals surface area contributed by atoms with Gasteiger partial charge in [-0.2, -0.15) is 0 Å². The summed E-state index contributed by atoms with van der Waals surface area (Å²) < 4.78 is 11.8. The Hall–Kier alpha value is -1.32. The van der Waals surface area contributed by atoms with Crippen molar-refractivity contribution in [3.63, 3.8) is 0 Å². The number of ether oxygens (including phenoxy) is 2. The molecule has 0 bridgehead atoms. The zero-order chi connectivity index (χ0) is 27.5. The highest BCUT2D eigenvalue weighted by Gasteiger charge is 2.53. The van der Waals surface area contributed by atoms with E-state index in [-0.39, 0.29) is 29.8 Å². The van der Waals surface area contributed by atoms with E-state index in [1.54, 1.807) is 19.9 Å². The molecule has 1 aromatic rings. The van der Waals surface area contributed by atoms with Gasteiger partial charge in [-0.05, 0) is 45.1 Å². The third kappa shape index (κ3) is 7.41. The summed E-state index contributed by atoms with van der Waals surface area (Å²) in [5.74, 6) is -1.57. The highest BCUT2D eigenvalue weighted by molar-refractivity contribution is 7.09. The molecule has 2 fully saturated rings. The fourth-order valence-corrected chi connectivity index (χ4v) is 6.09. The number of hydrogen-bond acceptors (Lipinski definition) is 8. The number of esters is 1. The monoisotopic (exact) mass is 555 g/mol. The molecule has 7 atom stereocenters. The molecule has 208 valence electrons. The average Bonchev–Trinajstić information content (AvgIpc) is 3.27. The number of aliphatic hydroxyl groups is 2. The van der Waals surface area contributed by atoms with Gasteiger partial charge in [-0.3, -0.25) is 9.59 Å². The molecule has 0 radical (unpaired) electrons. The second-order valence-corrected chi connectivity index (χ2v) is 13.0. The lowest BCUT2D eigenvalue weighted by Crippen LogP contribution is -2.46. The van der Waals surface area contributed by atoms with E-state index >= 15 is 0 Å². The molecule has 2 aliphatic heterocycles. The predicted molar refractivity (Wildman–Crippen MR) is 145 cm³/mol. The number of nitrogens with zero attached hydrogens (tertiary/aromatic N) is 1. The van der Waals surface area contributed by atoms with Crippen molar-refractivity contribution in [2.24, 2.45) is 17.3 Å². The molecule has 2 saturated heterocycles. The lowest BCUT2D eigenvalue weighted by Gasteiger charge is -2.36. The van der Waals surface area contributed by atoms with Crippen molar-refractivity contribution in [2.75, 3.05) is 0 Å². The van der Waals surface area contributed by atoms with Crippen LogP contribution in [0.5, 0.6) is 0 Å². The minimum atomic E-state index is -1.27. The summed E-state index contributed by atoms with van der Waals surface area (Å²) in [6.07, 6.45) is 2.38. The number of ketones is 1. The highest BCUT2D eigenvalue weighted by atomic mass is 35.5. The van der Waals surface area contributed by atoms with Crippen LogP contribution in [0.4, 0.5) is 0 Å². The zero-order valence-electron chi connectivity index (χ0n) is 22.8. The normalized spacial score (nSPS) is 36.1. The fraction of sp³-hybridized carbons (Fsp3) is 0.750. The molecule has 1 aromatic heterocycles. The van der Waals surface area contributed by atoms with E-state index in [0.717, 1.165) is 30.7 Å². The van der Waals surface area contributed by atoms with Crippen LogP contribution in [0.25, 0.3) is 6.08 Å².